The van der Waals surface area contributed by atoms with Gasteiger partial charge < -0.3 is 9.42 Å². The Morgan fingerprint density at radius 2 is 2.30 bits per heavy atom. The normalized spacial score (nSPS) is 16.7. The summed E-state index contributed by atoms with van der Waals surface area (Å²) in [6.45, 7) is 1.95. The molecule has 0 bridgehead atoms. The molecule has 0 aromatic carbocycles. The van der Waals surface area contributed by atoms with Gasteiger partial charge in [0.25, 0.3) is 0 Å². The molecule has 5 heteroatoms. The molecule has 0 spiro atoms. The summed E-state index contributed by atoms with van der Waals surface area (Å²) in [5, 5.41) is 0. The van der Waals surface area contributed by atoms with Crippen LogP contribution in [0.1, 0.15) is 13.3 Å². The van der Waals surface area contributed by atoms with Crippen LogP contribution in [0.25, 0.3) is 0 Å². The van der Waals surface area contributed by atoms with Gasteiger partial charge in [0, 0.05) is 6.16 Å². The zero-order chi connectivity index (χ0) is 8.04. The van der Waals surface area contributed by atoms with E-state index < -0.39 is 7.60 Å². The van der Waals surface area contributed by atoms with Crippen LogP contribution in [0.4, 0.5) is 0 Å². The first kappa shape index (κ1) is 10.5. The van der Waals surface area contributed by atoms with E-state index in [1.165, 1.54) is 0 Å². The Morgan fingerprint density at radius 3 is 2.70 bits per heavy atom. The van der Waals surface area contributed by atoms with Crippen molar-refractivity contribution >= 4 is 20.2 Å². The molecule has 62 valence electrons. The number of rotatable bonds is 5. The summed E-state index contributed by atoms with van der Waals surface area (Å²) in [6.07, 6.45) is 0.896. The van der Waals surface area contributed by atoms with Gasteiger partial charge in [0.15, 0.2) is 0 Å². The van der Waals surface area contributed by atoms with Crippen molar-refractivity contribution in [2.24, 2.45) is 0 Å². The second-order valence-electron chi connectivity index (χ2n) is 1.86. The summed E-state index contributed by atoms with van der Waals surface area (Å²) in [7, 11) is -3.24. The van der Waals surface area contributed by atoms with Gasteiger partial charge in [0.05, 0.1) is 6.61 Å². The van der Waals surface area contributed by atoms with Gasteiger partial charge in [0.2, 0.25) is 0 Å². The molecule has 0 aromatic rings. The Labute approximate surface area is 66.7 Å². The maximum Gasteiger partial charge on any atom is 0.327 e. The van der Waals surface area contributed by atoms with Crippen LogP contribution in [0.3, 0.4) is 0 Å². The van der Waals surface area contributed by atoms with Crippen molar-refractivity contribution in [3.05, 3.63) is 0 Å². The molecule has 0 fully saturated rings. The van der Waals surface area contributed by atoms with Gasteiger partial charge in [-0.15, -0.1) is 0 Å². The number of hydrogen-bond donors (Lipinski definition) is 2. The topological polar surface area (TPSA) is 46.5 Å². The molecule has 3 nitrogen and oxygen atoms in total. The van der Waals surface area contributed by atoms with Crippen molar-refractivity contribution in [3.63, 3.8) is 0 Å². The molecule has 0 aliphatic rings. The van der Waals surface area contributed by atoms with Crippen LogP contribution in [0.5, 0.6) is 0 Å². The highest BCUT2D eigenvalue weighted by Crippen LogP contribution is 2.40. The molecule has 0 saturated heterocycles. The van der Waals surface area contributed by atoms with E-state index in [2.05, 4.69) is 17.2 Å². The highest BCUT2D eigenvalue weighted by atomic mass is 32.1. The van der Waals surface area contributed by atoms with Gasteiger partial charge in [-0.3, -0.25) is 4.57 Å². The maximum atomic E-state index is 10.8. The first-order valence-corrected chi connectivity index (χ1v) is 5.59. The van der Waals surface area contributed by atoms with Crippen LogP contribution in [0, 0.1) is 0 Å². The minimum Gasteiger partial charge on any atom is -0.324 e. The summed E-state index contributed by atoms with van der Waals surface area (Å²) in [5.74, 6) is 0.684. The predicted octanol–water partition coefficient (Wildman–Crippen LogP) is 1.53. The van der Waals surface area contributed by atoms with Gasteiger partial charge >= 0.3 is 7.60 Å². The molecule has 0 aromatic heterocycles. The Hall–Kier alpha value is 0.500. The number of thiol groups is 1. The van der Waals surface area contributed by atoms with Crippen LogP contribution in [0.15, 0.2) is 0 Å². The van der Waals surface area contributed by atoms with Crippen molar-refractivity contribution in [2.75, 3.05) is 18.5 Å². The fourth-order valence-electron chi connectivity index (χ4n) is 0.363. The first-order valence-electron chi connectivity index (χ1n) is 3.19. The van der Waals surface area contributed by atoms with Crippen LogP contribution >= 0.6 is 20.2 Å². The Morgan fingerprint density at radius 1 is 1.70 bits per heavy atom. The molecule has 0 radical (unpaired) electrons. The summed E-state index contributed by atoms with van der Waals surface area (Å²) in [4.78, 5) is 8.86. The molecule has 0 heterocycles. The molecular formula is C5H13O3PS. The van der Waals surface area contributed by atoms with Crippen molar-refractivity contribution in [2.45, 2.75) is 13.3 Å². The van der Waals surface area contributed by atoms with Gasteiger partial charge in [-0.2, -0.15) is 12.6 Å². The third-order valence-corrected chi connectivity index (χ3v) is 2.70. The van der Waals surface area contributed by atoms with Gasteiger partial charge in [-0.05, 0) is 12.2 Å². The molecule has 0 saturated carbocycles. The molecule has 0 amide bonds. The lowest BCUT2D eigenvalue weighted by Crippen LogP contribution is -1.94. The molecule has 1 atom stereocenters. The van der Waals surface area contributed by atoms with E-state index in [4.69, 9.17) is 4.89 Å². The highest BCUT2D eigenvalue weighted by Gasteiger charge is 2.14. The lowest BCUT2D eigenvalue weighted by atomic mass is 10.5. The molecule has 0 aliphatic heterocycles. The first-order chi connectivity index (χ1) is 4.62. The third kappa shape index (κ3) is 5.30. The standard InChI is InChI=1S/C5H13O3PS/c1-2-9(6,7)8-4-3-5-10/h10H,2-5H2,1H3,(H,6,7). The fourth-order valence-corrected chi connectivity index (χ4v) is 1.09. The van der Waals surface area contributed by atoms with Crippen LogP contribution in [-0.4, -0.2) is 23.4 Å². The zero-order valence-electron chi connectivity index (χ0n) is 5.99. The van der Waals surface area contributed by atoms with Crippen molar-refractivity contribution < 1.29 is 14.0 Å². The SMILES string of the molecule is CCP(=O)(O)OCCCS. The van der Waals surface area contributed by atoms with E-state index in [-0.39, 0.29) is 6.16 Å². The summed E-state index contributed by atoms with van der Waals surface area (Å²) in [6, 6.07) is 0. The maximum absolute atomic E-state index is 10.8. The second kappa shape index (κ2) is 5.19. The van der Waals surface area contributed by atoms with Gasteiger partial charge in [0.1, 0.15) is 0 Å². The fraction of sp³-hybridized carbons (Fsp3) is 1.00. The average Bonchev–Trinajstić information content (AvgIpc) is 1.89. The van der Waals surface area contributed by atoms with Crippen molar-refractivity contribution in [1.29, 1.82) is 0 Å². The second-order valence-corrected chi connectivity index (χ2v) is 4.48. The monoisotopic (exact) mass is 184 g/mol. The lowest BCUT2D eigenvalue weighted by molar-refractivity contribution is 0.262. The van der Waals surface area contributed by atoms with E-state index in [9.17, 15) is 4.57 Å². The molecule has 0 aliphatic carbocycles. The smallest absolute Gasteiger partial charge is 0.324 e. The van der Waals surface area contributed by atoms with E-state index in [1.54, 1.807) is 6.92 Å². The van der Waals surface area contributed by atoms with Crippen LogP contribution < -0.4 is 0 Å². The quantitative estimate of drug-likeness (QED) is 0.387. The average molecular weight is 184 g/mol. The Bertz CT molecular complexity index is 128. The number of hydrogen-bond acceptors (Lipinski definition) is 3. The molecule has 10 heavy (non-hydrogen) atoms. The van der Waals surface area contributed by atoms with Gasteiger partial charge in [-0.1, -0.05) is 6.92 Å². The van der Waals surface area contributed by atoms with E-state index in [1.807, 2.05) is 0 Å². The van der Waals surface area contributed by atoms with Gasteiger partial charge in [-0.25, -0.2) is 0 Å². The minimum absolute atomic E-state index is 0.180. The van der Waals surface area contributed by atoms with Crippen molar-refractivity contribution in [3.8, 4) is 0 Å². The molecule has 0 rings (SSSR count). The summed E-state index contributed by atoms with van der Waals surface area (Å²) in [5.41, 5.74) is 0. The lowest BCUT2D eigenvalue weighted by Gasteiger charge is -2.07. The Kier molecular flexibility index (Phi) is 5.45. The third-order valence-electron chi connectivity index (χ3n) is 0.995. The largest absolute Gasteiger partial charge is 0.327 e. The highest BCUT2D eigenvalue weighted by molar-refractivity contribution is 7.80. The molecular weight excluding hydrogens is 171 g/mol. The summed E-state index contributed by atoms with van der Waals surface area (Å²) >= 11 is 3.93. The van der Waals surface area contributed by atoms with Crippen molar-refractivity contribution in [1.82, 2.24) is 0 Å². The van der Waals surface area contributed by atoms with E-state index >= 15 is 0 Å². The molecule has 1 N–H and O–H groups in total. The van der Waals surface area contributed by atoms with E-state index in [0.29, 0.717) is 18.8 Å². The Balaban J connectivity index is 3.38. The molecule has 1 unspecified atom stereocenters. The van der Waals surface area contributed by atoms with Crippen LogP contribution in [-0.2, 0) is 9.09 Å². The summed E-state index contributed by atoms with van der Waals surface area (Å²) < 4.78 is 15.4. The minimum atomic E-state index is -3.24. The predicted molar refractivity (Wildman–Crippen MR) is 44.8 cm³/mol. The van der Waals surface area contributed by atoms with E-state index in [0.717, 1.165) is 0 Å². The zero-order valence-corrected chi connectivity index (χ0v) is 7.78. The van der Waals surface area contributed by atoms with Crippen LogP contribution in [0.2, 0.25) is 0 Å².